The van der Waals surface area contributed by atoms with Crippen LogP contribution < -0.4 is 26.8 Å². The van der Waals surface area contributed by atoms with Gasteiger partial charge in [-0.3, -0.25) is 14.6 Å². The lowest BCUT2D eigenvalue weighted by atomic mass is 10.1. The maximum atomic E-state index is 13.1. The largest absolute Gasteiger partial charge is 0.489 e. The average molecular weight is 445 g/mol. The molecule has 0 spiro atoms. The number of nitrogens with one attached hydrogen (secondary N) is 2. The molecule has 0 radical (unpaired) electrons. The van der Waals surface area contributed by atoms with Crippen molar-refractivity contribution in [3.63, 3.8) is 0 Å². The zero-order valence-electron chi connectivity index (χ0n) is 18.1. The Hall–Kier alpha value is -3.14. The number of aliphatic imine (C=N–C) groups is 1. The van der Waals surface area contributed by atoms with Gasteiger partial charge in [-0.15, -0.1) is 0 Å². The Morgan fingerprint density at radius 2 is 2.09 bits per heavy atom. The summed E-state index contributed by atoms with van der Waals surface area (Å²) in [5, 5.41) is 5.98. The first-order valence-electron chi connectivity index (χ1n) is 11.0. The number of aldehydes is 1. The fourth-order valence-corrected chi connectivity index (χ4v) is 4.15. The smallest absolute Gasteiger partial charge is 0.243 e. The van der Waals surface area contributed by atoms with E-state index < -0.39 is 18.1 Å². The van der Waals surface area contributed by atoms with Crippen molar-refractivity contribution in [3.05, 3.63) is 30.3 Å². The Balaban J connectivity index is 1.50. The van der Waals surface area contributed by atoms with Crippen LogP contribution in [0.25, 0.3) is 0 Å². The number of rotatable bonds is 10. The topological polar surface area (TPSA) is 152 Å². The minimum absolute atomic E-state index is 0.00581. The predicted molar refractivity (Wildman–Crippen MR) is 120 cm³/mol. The van der Waals surface area contributed by atoms with Crippen LogP contribution in [0, 0.1) is 0 Å². The second-order valence-corrected chi connectivity index (χ2v) is 8.14. The van der Waals surface area contributed by atoms with Crippen molar-refractivity contribution in [2.24, 2.45) is 16.5 Å². The van der Waals surface area contributed by atoms with Crippen molar-refractivity contribution in [1.82, 2.24) is 15.5 Å². The SMILES string of the molecule is NC(N)=NCCC[C@@H](C=O)NC(=O)[C@@H]1CCCN1C(=O)[C@@H]1C[C@H](Oc2ccccc2)CN1. The van der Waals surface area contributed by atoms with Crippen molar-refractivity contribution < 1.29 is 19.1 Å². The molecule has 10 nitrogen and oxygen atoms in total. The van der Waals surface area contributed by atoms with Crippen LogP contribution in [0.5, 0.6) is 5.75 Å². The molecule has 174 valence electrons. The van der Waals surface area contributed by atoms with E-state index in [0.717, 1.165) is 12.2 Å². The molecule has 2 heterocycles. The van der Waals surface area contributed by atoms with Gasteiger partial charge in [0.25, 0.3) is 0 Å². The molecule has 2 aliphatic heterocycles. The van der Waals surface area contributed by atoms with Crippen LogP contribution in [-0.4, -0.2) is 72.8 Å². The lowest BCUT2D eigenvalue weighted by Crippen LogP contribution is -2.52. The van der Waals surface area contributed by atoms with Gasteiger partial charge in [0.2, 0.25) is 11.8 Å². The molecule has 10 heteroatoms. The van der Waals surface area contributed by atoms with E-state index >= 15 is 0 Å². The number of carbonyl (C=O) groups is 3. The summed E-state index contributed by atoms with van der Waals surface area (Å²) in [6.45, 7) is 1.48. The molecular formula is C22H32N6O4. The maximum Gasteiger partial charge on any atom is 0.243 e. The van der Waals surface area contributed by atoms with Crippen LogP contribution in [-0.2, 0) is 14.4 Å². The highest BCUT2D eigenvalue weighted by atomic mass is 16.5. The van der Waals surface area contributed by atoms with Crippen LogP contribution in [0.15, 0.2) is 35.3 Å². The first-order valence-corrected chi connectivity index (χ1v) is 11.0. The predicted octanol–water partition coefficient (Wildman–Crippen LogP) is -0.476. The van der Waals surface area contributed by atoms with Crippen molar-refractivity contribution in [2.45, 2.75) is 56.3 Å². The van der Waals surface area contributed by atoms with Gasteiger partial charge in [0, 0.05) is 26.1 Å². The standard InChI is InChI=1S/C22H32N6O4/c23-22(24)25-10-4-6-15(14-29)27-20(30)19-9-5-11-28(19)21(31)18-12-17(13-26-18)32-16-7-2-1-3-8-16/h1-3,7-8,14-15,17-19,26H,4-6,9-13H2,(H,27,30)(H4,23,24,25)/t15-,17-,18-,19-/m0/s1. The molecule has 0 aliphatic carbocycles. The number of benzene rings is 1. The summed E-state index contributed by atoms with van der Waals surface area (Å²) in [6, 6.07) is 7.90. The van der Waals surface area contributed by atoms with E-state index in [0.29, 0.717) is 51.6 Å². The fraction of sp³-hybridized carbons (Fsp3) is 0.545. The molecule has 0 saturated carbocycles. The van der Waals surface area contributed by atoms with Crippen molar-refractivity contribution in [2.75, 3.05) is 19.6 Å². The zero-order valence-corrected chi connectivity index (χ0v) is 18.1. The summed E-state index contributed by atoms with van der Waals surface area (Å²) in [5.41, 5.74) is 10.6. The molecule has 2 amide bonds. The zero-order chi connectivity index (χ0) is 22.9. The van der Waals surface area contributed by atoms with Crippen LogP contribution in [0.1, 0.15) is 32.1 Å². The van der Waals surface area contributed by atoms with E-state index in [1.54, 1.807) is 4.90 Å². The number of likely N-dealkylation sites (tertiary alicyclic amines) is 1. The molecule has 2 saturated heterocycles. The number of carbonyl (C=O) groups excluding carboxylic acids is 3. The van der Waals surface area contributed by atoms with Gasteiger partial charge in [-0.05, 0) is 37.8 Å². The second kappa shape index (κ2) is 11.5. The summed E-state index contributed by atoms with van der Waals surface area (Å²) >= 11 is 0. The number of guanidine groups is 1. The number of nitrogens with two attached hydrogens (primary N) is 2. The number of nitrogens with zero attached hydrogens (tertiary/aromatic N) is 2. The quantitative estimate of drug-likeness (QED) is 0.165. The van der Waals surface area contributed by atoms with Gasteiger partial charge in [0.05, 0.1) is 12.1 Å². The summed E-state index contributed by atoms with van der Waals surface area (Å²) in [6.07, 6.45) is 3.45. The fourth-order valence-electron chi connectivity index (χ4n) is 4.15. The molecule has 0 aromatic heterocycles. The van der Waals surface area contributed by atoms with Gasteiger partial charge < -0.3 is 36.5 Å². The van der Waals surface area contributed by atoms with Gasteiger partial charge >= 0.3 is 0 Å². The second-order valence-electron chi connectivity index (χ2n) is 8.14. The lowest BCUT2D eigenvalue weighted by Gasteiger charge is -2.27. The molecule has 6 N–H and O–H groups in total. The van der Waals surface area contributed by atoms with E-state index in [4.69, 9.17) is 16.2 Å². The molecular weight excluding hydrogens is 412 g/mol. The molecule has 1 aromatic carbocycles. The summed E-state index contributed by atoms with van der Waals surface area (Å²) in [5.74, 6) is 0.362. The Morgan fingerprint density at radius 3 is 2.81 bits per heavy atom. The third-order valence-electron chi connectivity index (χ3n) is 5.73. The third-order valence-corrected chi connectivity index (χ3v) is 5.73. The number of ether oxygens (including phenoxy) is 1. The van der Waals surface area contributed by atoms with E-state index in [9.17, 15) is 14.4 Å². The minimum Gasteiger partial charge on any atom is -0.489 e. The van der Waals surface area contributed by atoms with E-state index in [2.05, 4.69) is 15.6 Å². The number of para-hydroxylation sites is 1. The molecule has 2 aliphatic rings. The number of amides is 2. The van der Waals surface area contributed by atoms with Gasteiger partial charge in [-0.2, -0.15) is 0 Å². The summed E-state index contributed by atoms with van der Waals surface area (Å²) in [7, 11) is 0. The third kappa shape index (κ3) is 6.43. The van der Waals surface area contributed by atoms with Gasteiger partial charge in [-0.1, -0.05) is 18.2 Å². The molecule has 2 fully saturated rings. The Bertz CT molecular complexity index is 814. The summed E-state index contributed by atoms with van der Waals surface area (Å²) < 4.78 is 5.95. The maximum absolute atomic E-state index is 13.1. The normalized spacial score (nSPS) is 23.4. The highest BCUT2D eigenvalue weighted by molar-refractivity contribution is 5.91. The van der Waals surface area contributed by atoms with E-state index in [-0.39, 0.29) is 23.9 Å². The number of hydrogen-bond acceptors (Lipinski definition) is 6. The van der Waals surface area contributed by atoms with E-state index in [1.165, 1.54) is 0 Å². The highest BCUT2D eigenvalue weighted by Crippen LogP contribution is 2.23. The van der Waals surface area contributed by atoms with Crippen molar-refractivity contribution in [3.8, 4) is 5.75 Å². The van der Waals surface area contributed by atoms with Crippen LogP contribution in [0.4, 0.5) is 0 Å². The van der Waals surface area contributed by atoms with Crippen molar-refractivity contribution in [1.29, 1.82) is 0 Å². The first-order chi connectivity index (χ1) is 15.5. The molecule has 0 bridgehead atoms. The first kappa shape index (κ1) is 23.5. The Kier molecular flexibility index (Phi) is 8.43. The molecule has 3 rings (SSSR count). The van der Waals surface area contributed by atoms with Gasteiger partial charge in [-0.25, -0.2) is 0 Å². The Labute approximate surface area is 187 Å². The van der Waals surface area contributed by atoms with E-state index in [1.807, 2.05) is 30.3 Å². The van der Waals surface area contributed by atoms with Crippen LogP contribution in [0.3, 0.4) is 0 Å². The molecule has 1 aromatic rings. The number of hydrogen-bond donors (Lipinski definition) is 4. The average Bonchev–Trinajstić information content (AvgIpc) is 3.46. The van der Waals surface area contributed by atoms with Gasteiger partial charge in [0.1, 0.15) is 24.2 Å². The Morgan fingerprint density at radius 1 is 1.31 bits per heavy atom. The van der Waals surface area contributed by atoms with Crippen molar-refractivity contribution >= 4 is 24.1 Å². The molecule has 0 unspecified atom stereocenters. The van der Waals surface area contributed by atoms with Crippen LogP contribution in [0.2, 0.25) is 0 Å². The highest BCUT2D eigenvalue weighted by Gasteiger charge is 2.40. The van der Waals surface area contributed by atoms with Gasteiger partial charge in [0.15, 0.2) is 5.96 Å². The lowest BCUT2D eigenvalue weighted by molar-refractivity contribution is -0.140. The molecule has 32 heavy (non-hydrogen) atoms. The monoisotopic (exact) mass is 444 g/mol. The molecule has 4 atom stereocenters. The minimum atomic E-state index is -0.637. The van der Waals surface area contributed by atoms with Crippen LogP contribution >= 0.6 is 0 Å². The summed E-state index contributed by atoms with van der Waals surface area (Å²) in [4.78, 5) is 42.8.